The van der Waals surface area contributed by atoms with Crippen LogP contribution in [-0.4, -0.2) is 34.6 Å². The van der Waals surface area contributed by atoms with Gasteiger partial charge >= 0.3 is 6.18 Å². The van der Waals surface area contributed by atoms with Crippen LogP contribution < -0.4 is 0 Å². The molecule has 1 aromatic heterocycles. The molecule has 0 saturated carbocycles. The maximum absolute atomic E-state index is 13.2. The van der Waals surface area contributed by atoms with Gasteiger partial charge in [-0.3, -0.25) is 14.7 Å². The van der Waals surface area contributed by atoms with Crippen LogP contribution in [0, 0.1) is 0 Å². The van der Waals surface area contributed by atoms with Gasteiger partial charge in [-0.1, -0.05) is 12.1 Å². The molecule has 0 bridgehead atoms. The Balaban J connectivity index is 1.95. The third-order valence-corrected chi connectivity index (χ3v) is 4.85. The predicted octanol–water partition coefficient (Wildman–Crippen LogP) is 4.03. The first-order chi connectivity index (χ1) is 11.8. The molecular formula is C17H14F3N3OS. The third-order valence-electron chi connectivity index (χ3n) is 3.70. The molecule has 0 radical (unpaired) electrons. The molecule has 4 nitrogen and oxygen atoms in total. The van der Waals surface area contributed by atoms with Gasteiger partial charge in [0.1, 0.15) is 0 Å². The SMILES string of the molecule is CN=C1S/C(=C\c2ccn(-c3ccccc3C(F)(F)F)c2)C(=O)N1C. The van der Waals surface area contributed by atoms with E-state index in [0.29, 0.717) is 15.6 Å². The highest BCUT2D eigenvalue weighted by Crippen LogP contribution is 2.34. The molecule has 0 unspecified atom stereocenters. The minimum atomic E-state index is -4.44. The van der Waals surface area contributed by atoms with Crippen molar-refractivity contribution in [2.45, 2.75) is 6.18 Å². The first-order valence-electron chi connectivity index (χ1n) is 7.30. The number of thioether (sulfide) groups is 1. The number of nitrogens with zero attached hydrogens (tertiary/aromatic N) is 3. The summed E-state index contributed by atoms with van der Waals surface area (Å²) in [5, 5.41) is 0.582. The van der Waals surface area contributed by atoms with Crippen LogP contribution in [0.1, 0.15) is 11.1 Å². The second kappa shape index (κ2) is 6.44. The number of aliphatic imine (C=N–C) groups is 1. The van der Waals surface area contributed by atoms with E-state index in [1.807, 2.05) is 0 Å². The number of carbonyl (C=O) groups excluding carboxylic acids is 1. The summed E-state index contributed by atoms with van der Waals surface area (Å²) >= 11 is 1.23. The topological polar surface area (TPSA) is 37.6 Å². The van der Waals surface area contributed by atoms with Crippen LogP contribution in [0.4, 0.5) is 13.2 Å². The van der Waals surface area contributed by atoms with E-state index in [1.54, 1.807) is 44.7 Å². The number of aromatic nitrogens is 1. The molecule has 1 aliphatic rings. The van der Waals surface area contributed by atoms with Crippen molar-refractivity contribution in [3.8, 4) is 5.69 Å². The Morgan fingerprint density at radius 3 is 2.56 bits per heavy atom. The largest absolute Gasteiger partial charge is 0.418 e. The van der Waals surface area contributed by atoms with Gasteiger partial charge in [0.05, 0.1) is 16.2 Å². The molecule has 0 N–H and O–H groups in total. The highest BCUT2D eigenvalue weighted by molar-refractivity contribution is 8.18. The molecule has 1 aliphatic heterocycles. The maximum Gasteiger partial charge on any atom is 0.418 e. The van der Waals surface area contributed by atoms with Gasteiger partial charge in [0, 0.05) is 26.5 Å². The molecule has 1 aromatic carbocycles. The zero-order chi connectivity index (χ0) is 18.2. The predicted molar refractivity (Wildman–Crippen MR) is 92.5 cm³/mol. The van der Waals surface area contributed by atoms with E-state index in [2.05, 4.69) is 4.99 Å². The summed E-state index contributed by atoms with van der Waals surface area (Å²) in [6.07, 6.45) is 0.312. The fourth-order valence-electron chi connectivity index (χ4n) is 2.49. The Bertz CT molecular complexity index is 883. The van der Waals surface area contributed by atoms with Gasteiger partial charge in [-0.15, -0.1) is 0 Å². The monoisotopic (exact) mass is 365 g/mol. The Morgan fingerprint density at radius 1 is 1.20 bits per heavy atom. The molecule has 2 heterocycles. The number of para-hydroxylation sites is 1. The summed E-state index contributed by atoms with van der Waals surface area (Å²) < 4.78 is 40.9. The van der Waals surface area contributed by atoms with Crippen molar-refractivity contribution in [3.05, 3.63) is 58.8 Å². The minimum Gasteiger partial charge on any atom is -0.323 e. The number of hydrogen-bond donors (Lipinski definition) is 0. The highest BCUT2D eigenvalue weighted by Gasteiger charge is 2.33. The van der Waals surface area contributed by atoms with Crippen LogP contribution in [0.25, 0.3) is 11.8 Å². The summed E-state index contributed by atoms with van der Waals surface area (Å²) in [6, 6.07) is 7.02. The number of amidine groups is 1. The van der Waals surface area contributed by atoms with Crippen molar-refractivity contribution in [3.63, 3.8) is 0 Å². The van der Waals surface area contributed by atoms with Gasteiger partial charge in [0.2, 0.25) is 0 Å². The third kappa shape index (κ3) is 3.34. The van der Waals surface area contributed by atoms with Crippen LogP contribution in [0.5, 0.6) is 0 Å². The van der Waals surface area contributed by atoms with Crippen molar-refractivity contribution < 1.29 is 18.0 Å². The quantitative estimate of drug-likeness (QED) is 0.754. The van der Waals surface area contributed by atoms with Gasteiger partial charge < -0.3 is 4.57 Å². The van der Waals surface area contributed by atoms with Gasteiger partial charge in [0.25, 0.3) is 5.91 Å². The smallest absolute Gasteiger partial charge is 0.323 e. The van der Waals surface area contributed by atoms with Gasteiger partial charge in [-0.25, -0.2) is 0 Å². The number of alkyl halides is 3. The van der Waals surface area contributed by atoms with Crippen molar-refractivity contribution in [2.24, 2.45) is 4.99 Å². The molecule has 0 atom stereocenters. The first-order valence-corrected chi connectivity index (χ1v) is 8.12. The number of carbonyl (C=O) groups is 1. The van der Waals surface area contributed by atoms with Crippen LogP contribution >= 0.6 is 11.8 Å². The van der Waals surface area contributed by atoms with E-state index in [4.69, 9.17) is 0 Å². The Labute approximate surface area is 146 Å². The van der Waals surface area contributed by atoms with E-state index in [9.17, 15) is 18.0 Å². The van der Waals surface area contributed by atoms with E-state index < -0.39 is 11.7 Å². The van der Waals surface area contributed by atoms with Crippen LogP contribution in [-0.2, 0) is 11.0 Å². The van der Waals surface area contributed by atoms with Crippen LogP contribution in [0.3, 0.4) is 0 Å². The Hall–Kier alpha value is -2.48. The molecule has 0 spiro atoms. The molecule has 130 valence electrons. The van der Waals surface area contributed by atoms with E-state index >= 15 is 0 Å². The summed E-state index contributed by atoms with van der Waals surface area (Å²) in [4.78, 5) is 18.1. The average molecular weight is 365 g/mol. The van der Waals surface area contributed by atoms with Crippen molar-refractivity contribution in [2.75, 3.05) is 14.1 Å². The average Bonchev–Trinajstić information content (AvgIpc) is 3.14. The molecular weight excluding hydrogens is 351 g/mol. The summed E-state index contributed by atoms with van der Waals surface area (Å²) in [5.41, 5.74) is -0.0344. The van der Waals surface area contributed by atoms with Gasteiger partial charge in [0.15, 0.2) is 5.17 Å². The molecule has 3 rings (SSSR count). The number of hydrogen-bond acceptors (Lipinski definition) is 3. The zero-order valence-electron chi connectivity index (χ0n) is 13.4. The highest BCUT2D eigenvalue weighted by atomic mass is 32.2. The maximum atomic E-state index is 13.2. The number of likely N-dealkylation sites (N-methyl/N-ethyl adjacent to an activating group) is 1. The molecule has 8 heteroatoms. The van der Waals surface area contributed by atoms with E-state index in [1.165, 1.54) is 33.4 Å². The lowest BCUT2D eigenvalue weighted by Crippen LogP contribution is -2.23. The van der Waals surface area contributed by atoms with Crippen LogP contribution in [0.2, 0.25) is 0 Å². The second-order valence-electron chi connectivity index (χ2n) is 5.35. The zero-order valence-corrected chi connectivity index (χ0v) is 14.2. The standard InChI is InChI=1S/C17H14F3N3OS/c1-21-16-22(2)15(24)14(25-16)9-11-7-8-23(10-11)13-6-4-3-5-12(13)17(18,19)20/h3-10H,1-2H3/b14-9-,21-16?. The second-order valence-corrected chi connectivity index (χ2v) is 6.36. The fraction of sp³-hybridized carbons (Fsp3) is 0.176. The summed E-state index contributed by atoms with van der Waals surface area (Å²) in [6.45, 7) is 0. The molecule has 25 heavy (non-hydrogen) atoms. The molecule has 0 aliphatic carbocycles. The summed E-state index contributed by atoms with van der Waals surface area (Å²) in [7, 11) is 3.23. The summed E-state index contributed by atoms with van der Waals surface area (Å²) in [5.74, 6) is -0.186. The number of halogens is 3. The number of benzene rings is 1. The minimum absolute atomic E-state index is 0.0398. The lowest BCUT2D eigenvalue weighted by atomic mass is 10.1. The number of amides is 1. The Morgan fingerprint density at radius 2 is 1.92 bits per heavy atom. The lowest BCUT2D eigenvalue weighted by Gasteiger charge is -2.13. The van der Waals surface area contributed by atoms with Crippen molar-refractivity contribution in [1.82, 2.24) is 9.47 Å². The molecule has 1 fully saturated rings. The fourth-order valence-corrected chi connectivity index (χ4v) is 3.41. The van der Waals surface area contributed by atoms with Crippen molar-refractivity contribution in [1.29, 1.82) is 0 Å². The lowest BCUT2D eigenvalue weighted by molar-refractivity contribution is -0.137. The molecule has 1 amide bonds. The first kappa shape index (κ1) is 17.3. The van der Waals surface area contributed by atoms with Crippen LogP contribution in [0.15, 0.2) is 52.6 Å². The Kier molecular flexibility index (Phi) is 4.47. The normalized spacial score (nSPS) is 18.6. The van der Waals surface area contributed by atoms with Gasteiger partial charge in [-0.05, 0) is 41.6 Å². The van der Waals surface area contributed by atoms with Gasteiger partial charge in [-0.2, -0.15) is 13.2 Å². The van der Waals surface area contributed by atoms with E-state index in [-0.39, 0.29) is 11.6 Å². The molecule has 2 aromatic rings. The molecule has 1 saturated heterocycles. The van der Waals surface area contributed by atoms with E-state index in [0.717, 1.165) is 6.07 Å². The van der Waals surface area contributed by atoms with Crippen molar-refractivity contribution >= 4 is 28.9 Å². The number of rotatable bonds is 2.